The lowest BCUT2D eigenvalue weighted by Gasteiger charge is -2.16. The van der Waals surface area contributed by atoms with Crippen molar-refractivity contribution in [1.29, 1.82) is 10.5 Å². The van der Waals surface area contributed by atoms with Crippen molar-refractivity contribution in [3.8, 4) is 12.1 Å². The molecule has 0 aliphatic heterocycles. The average Bonchev–Trinajstić information content (AvgIpc) is 2.45. The second-order valence-electron chi connectivity index (χ2n) is 3.73. The molecule has 1 aromatic carbocycles. The molecule has 9 nitrogen and oxygen atoms in total. The number of carbonyl (C=O) groups is 1. The van der Waals surface area contributed by atoms with Crippen molar-refractivity contribution in [2.45, 2.75) is 0 Å². The summed E-state index contributed by atoms with van der Waals surface area (Å²) in [6, 6.07) is 5.62. The van der Waals surface area contributed by atoms with E-state index in [0.29, 0.717) is 0 Å². The first-order valence-corrected chi connectivity index (χ1v) is 5.81. The largest absolute Gasteiger partial charge is 0.317 e. The molecule has 0 heterocycles. The monoisotopic (exact) mass is 308 g/mol. The third kappa shape index (κ3) is 3.57. The van der Waals surface area contributed by atoms with Crippen molar-refractivity contribution in [1.82, 2.24) is 4.90 Å². The molecule has 3 N–H and O–H groups in total. The number of halogens is 1. The Balaban J connectivity index is 3.31. The van der Waals surface area contributed by atoms with Crippen LogP contribution in [0.25, 0.3) is 0 Å². The smallest absolute Gasteiger partial charge is 0.295 e. The first-order chi connectivity index (χ1) is 9.96. The summed E-state index contributed by atoms with van der Waals surface area (Å²) in [7, 11) is 0. The Kier molecular flexibility index (Phi) is 5.43. The maximum absolute atomic E-state index is 12.1. The fourth-order valence-electron chi connectivity index (χ4n) is 1.56. The number of carbonyl (C=O) groups excluding carboxylic acids is 1. The first kappa shape index (κ1) is 16.2. The second-order valence-corrected chi connectivity index (χ2v) is 4.14. The lowest BCUT2D eigenvalue weighted by Crippen LogP contribution is -2.31. The molecule has 0 saturated heterocycles. The van der Waals surface area contributed by atoms with Crippen LogP contribution >= 0.6 is 11.6 Å². The van der Waals surface area contributed by atoms with Gasteiger partial charge < -0.3 is 10.3 Å². The predicted octanol–water partition coefficient (Wildman–Crippen LogP) is 1.02. The molecule has 0 unspecified atom stereocenters. The van der Waals surface area contributed by atoms with E-state index in [1.807, 2.05) is 0 Å². The lowest BCUT2D eigenvalue weighted by molar-refractivity contribution is -0.384. The van der Waals surface area contributed by atoms with Gasteiger partial charge in [0, 0.05) is 11.6 Å². The summed E-state index contributed by atoms with van der Waals surface area (Å²) in [5.41, 5.74) is 1.36. The van der Waals surface area contributed by atoms with Gasteiger partial charge in [-0.25, -0.2) is 0 Å². The lowest BCUT2D eigenvalue weighted by atomic mass is 10.1. The zero-order valence-corrected chi connectivity index (χ0v) is 11.3. The average molecular weight is 309 g/mol. The summed E-state index contributed by atoms with van der Waals surface area (Å²) in [4.78, 5) is 23.3. The number of nitriles is 2. The molecule has 108 valence electrons. The Bertz CT molecular complexity index is 647. The van der Waals surface area contributed by atoms with Crippen LogP contribution in [-0.2, 0) is 0 Å². The van der Waals surface area contributed by atoms with Crippen LogP contribution in [0.3, 0.4) is 0 Å². The van der Waals surface area contributed by atoms with E-state index >= 15 is 0 Å². The minimum absolute atomic E-state index is 0.115. The number of amides is 1. The van der Waals surface area contributed by atoms with Crippen LogP contribution in [0.15, 0.2) is 12.1 Å². The van der Waals surface area contributed by atoms with E-state index in [1.165, 1.54) is 6.07 Å². The van der Waals surface area contributed by atoms with Gasteiger partial charge >= 0.3 is 0 Å². The molecule has 1 aromatic rings. The molecular formula is C11H9ClN6O3. The number of anilines is 1. The third-order valence-electron chi connectivity index (χ3n) is 2.47. The SMILES string of the molecule is N#CCN(CC#N)C(=O)c1cc(Cl)c(NN)c([N+](=O)[O-])c1. The van der Waals surface area contributed by atoms with Crippen LogP contribution < -0.4 is 11.3 Å². The quantitative estimate of drug-likeness (QED) is 0.357. The van der Waals surface area contributed by atoms with Crippen molar-refractivity contribution in [3.05, 3.63) is 32.8 Å². The molecule has 0 bridgehead atoms. The number of rotatable bonds is 5. The van der Waals surface area contributed by atoms with Gasteiger partial charge in [-0.2, -0.15) is 10.5 Å². The Morgan fingerprint density at radius 2 is 2.00 bits per heavy atom. The second kappa shape index (κ2) is 7.05. The standard InChI is InChI=1S/C11H9ClN6O3/c12-8-5-7(6-9(18(20)21)10(8)16-15)11(19)17(3-1-13)4-2-14/h5-6,16H,3-4,15H2. The van der Waals surface area contributed by atoms with Crippen LogP contribution in [0.4, 0.5) is 11.4 Å². The molecule has 1 amide bonds. The zero-order chi connectivity index (χ0) is 16.0. The van der Waals surface area contributed by atoms with Gasteiger partial charge in [-0.15, -0.1) is 0 Å². The number of nitro benzene ring substituents is 1. The highest BCUT2D eigenvalue weighted by Gasteiger charge is 2.23. The molecule has 1 rings (SSSR count). The van der Waals surface area contributed by atoms with Crippen molar-refractivity contribution in [2.24, 2.45) is 5.84 Å². The number of nitrogens with one attached hydrogen (secondary N) is 1. The number of benzene rings is 1. The molecule has 0 spiro atoms. The highest BCUT2D eigenvalue weighted by molar-refractivity contribution is 6.34. The number of nitrogens with two attached hydrogens (primary N) is 1. The topological polar surface area (TPSA) is 149 Å². The molecule has 0 aliphatic rings. The maximum Gasteiger partial charge on any atom is 0.295 e. The van der Waals surface area contributed by atoms with Crippen molar-refractivity contribution in [2.75, 3.05) is 18.5 Å². The molecule has 0 aromatic heterocycles. The van der Waals surface area contributed by atoms with Gasteiger partial charge in [-0.05, 0) is 6.07 Å². The zero-order valence-electron chi connectivity index (χ0n) is 10.5. The number of nitro groups is 1. The van der Waals surface area contributed by atoms with Crippen LogP contribution in [0.5, 0.6) is 0 Å². The number of hydrazine groups is 1. The van der Waals surface area contributed by atoms with E-state index in [9.17, 15) is 14.9 Å². The van der Waals surface area contributed by atoms with E-state index in [2.05, 4.69) is 5.43 Å². The fraction of sp³-hybridized carbons (Fsp3) is 0.182. The van der Waals surface area contributed by atoms with Gasteiger partial charge in [-0.1, -0.05) is 11.6 Å². The van der Waals surface area contributed by atoms with Crippen molar-refractivity contribution >= 4 is 28.9 Å². The van der Waals surface area contributed by atoms with E-state index in [-0.39, 0.29) is 29.4 Å². The third-order valence-corrected chi connectivity index (χ3v) is 2.77. The van der Waals surface area contributed by atoms with Gasteiger partial charge in [0.15, 0.2) is 0 Å². The number of hydrogen-bond acceptors (Lipinski definition) is 7. The molecule has 0 fully saturated rings. The normalized spacial score (nSPS) is 9.33. The van der Waals surface area contributed by atoms with Crippen molar-refractivity contribution < 1.29 is 9.72 Å². The molecule has 0 atom stereocenters. The van der Waals surface area contributed by atoms with Crippen LogP contribution in [-0.4, -0.2) is 28.8 Å². The van der Waals surface area contributed by atoms with E-state index < -0.39 is 16.5 Å². The van der Waals surface area contributed by atoms with Gasteiger partial charge in [0.1, 0.15) is 18.8 Å². The first-order valence-electron chi connectivity index (χ1n) is 5.44. The summed E-state index contributed by atoms with van der Waals surface area (Å²) < 4.78 is 0. The van der Waals surface area contributed by atoms with Crippen LogP contribution in [0.2, 0.25) is 5.02 Å². The Morgan fingerprint density at radius 3 is 2.43 bits per heavy atom. The summed E-state index contributed by atoms with van der Waals surface area (Å²) in [6.45, 7) is -0.649. The highest BCUT2D eigenvalue weighted by atomic mass is 35.5. The van der Waals surface area contributed by atoms with E-state index in [1.54, 1.807) is 12.1 Å². The minimum atomic E-state index is -0.753. The molecular weight excluding hydrogens is 300 g/mol. The number of hydrogen-bond donors (Lipinski definition) is 2. The maximum atomic E-state index is 12.1. The van der Waals surface area contributed by atoms with Gasteiger partial charge in [0.2, 0.25) is 0 Å². The predicted molar refractivity (Wildman–Crippen MR) is 73.0 cm³/mol. The van der Waals surface area contributed by atoms with Gasteiger partial charge in [-0.3, -0.25) is 20.8 Å². The number of nitrogen functional groups attached to an aromatic ring is 1. The van der Waals surface area contributed by atoms with Gasteiger partial charge in [0.25, 0.3) is 11.6 Å². The summed E-state index contributed by atoms with van der Waals surface area (Å²) in [6.07, 6.45) is 0. The van der Waals surface area contributed by atoms with E-state index in [0.717, 1.165) is 11.0 Å². The highest BCUT2D eigenvalue weighted by Crippen LogP contribution is 2.33. The number of nitrogens with zero attached hydrogens (tertiary/aromatic N) is 4. The fourth-order valence-corrected chi connectivity index (χ4v) is 1.82. The van der Waals surface area contributed by atoms with Crippen LogP contribution in [0.1, 0.15) is 10.4 Å². The Hall–Kier alpha value is -2.88. The summed E-state index contributed by atoms with van der Waals surface area (Å²) in [5.74, 6) is 4.43. The summed E-state index contributed by atoms with van der Waals surface area (Å²) >= 11 is 5.83. The van der Waals surface area contributed by atoms with E-state index in [4.69, 9.17) is 28.0 Å². The minimum Gasteiger partial charge on any atom is -0.317 e. The van der Waals surface area contributed by atoms with Crippen LogP contribution in [0, 0.1) is 32.8 Å². The molecule has 10 heteroatoms. The Morgan fingerprint density at radius 1 is 1.43 bits per heavy atom. The van der Waals surface area contributed by atoms with Crippen molar-refractivity contribution in [3.63, 3.8) is 0 Å². The molecule has 0 saturated carbocycles. The molecule has 21 heavy (non-hydrogen) atoms. The summed E-state index contributed by atoms with van der Waals surface area (Å²) in [5, 5.41) is 28.1. The van der Waals surface area contributed by atoms with Gasteiger partial charge in [0.05, 0.1) is 22.1 Å². The molecule has 0 aliphatic carbocycles. The molecule has 0 radical (unpaired) electrons. The Labute approximate surface area is 124 Å².